The molecule has 3 rings (SSSR count). The first-order valence-electron chi connectivity index (χ1n) is 8.64. The molecule has 0 aliphatic carbocycles. The van der Waals surface area contributed by atoms with E-state index in [1.165, 1.54) is 0 Å². The maximum atomic E-state index is 12.1. The average molecular weight is 347 g/mol. The average Bonchev–Trinajstić information content (AvgIpc) is 3.14. The van der Waals surface area contributed by atoms with E-state index in [0.717, 1.165) is 12.8 Å². The number of ether oxygens (including phenoxy) is 3. The second-order valence-corrected chi connectivity index (χ2v) is 7.22. The number of nitrogens with one attached hydrogen (secondary N) is 1. The van der Waals surface area contributed by atoms with Crippen LogP contribution in [0, 0.1) is 5.92 Å². The number of fused-ring (bicyclic) bond motifs is 3. The summed E-state index contributed by atoms with van der Waals surface area (Å²) in [5, 5.41) is 2.69. The lowest BCUT2D eigenvalue weighted by Crippen LogP contribution is -2.34. The van der Waals surface area contributed by atoms with Crippen molar-refractivity contribution in [1.29, 1.82) is 0 Å². The van der Waals surface area contributed by atoms with Gasteiger partial charge in [0.25, 0.3) is 0 Å². The van der Waals surface area contributed by atoms with E-state index < -0.39 is 24.3 Å². The van der Waals surface area contributed by atoms with E-state index in [1.807, 2.05) is 19.1 Å². The minimum atomic E-state index is -0.518. The lowest BCUT2D eigenvalue weighted by molar-refractivity contribution is -0.140. The third kappa shape index (κ3) is 3.63. The number of hydrogen-bond acceptors (Lipinski definition) is 5. The van der Waals surface area contributed by atoms with E-state index in [0.29, 0.717) is 24.1 Å². The van der Waals surface area contributed by atoms with Crippen molar-refractivity contribution >= 4 is 12.1 Å². The lowest BCUT2D eigenvalue weighted by Gasteiger charge is -2.24. The fourth-order valence-electron chi connectivity index (χ4n) is 3.52. The van der Waals surface area contributed by atoms with E-state index in [4.69, 9.17) is 14.2 Å². The number of esters is 1. The normalized spacial score (nSPS) is 39.8. The van der Waals surface area contributed by atoms with Gasteiger partial charge in [0.15, 0.2) is 0 Å². The third-order valence-corrected chi connectivity index (χ3v) is 5.19. The Hall–Kier alpha value is -2.08. The summed E-state index contributed by atoms with van der Waals surface area (Å²) in [6.45, 7) is 12.0. The largest absolute Gasteiger partial charge is 0.455 e. The van der Waals surface area contributed by atoms with Gasteiger partial charge in [-0.15, -0.1) is 0 Å². The molecular weight excluding hydrogens is 322 g/mol. The molecular formula is C19H25NO5. The van der Waals surface area contributed by atoms with E-state index >= 15 is 0 Å². The Labute approximate surface area is 147 Å². The molecule has 5 atom stereocenters. The van der Waals surface area contributed by atoms with Gasteiger partial charge in [-0.1, -0.05) is 25.3 Å². The topological polar surface area (TPSA) is 77.2 Å². The van der Waals surface area contributed by atoms with Gasteiger partial charge in [0, 0.05) is 18.0 Å². The molecule has 0 spiro atoms. The zero-order valence-corrected chi connectivity index (χ0v) is 14.7. The molecule has 6 heteroatoms. The van der Waals surface area contributed by atoms with Crippen molar-refractivity contribution in [2.45, 2.75) is 57.0 Å². The van der Waals surface area contributed by atoms with Crippen LogP contribution in [-0.2, 0) is 19.0 Å². The van der Waals surface area contributed by atoms with Gasteiger partial charge in [-0.3, -0.25) is 0 Å². The Kier molecular flexibility index (Phi) is 4.73. The van der Waals surface area contributed by atoms with E-state index in [1.54, 1.807) is 6.92 Å². The van der Waals surface area contributed by atoms with Gasteiger partial charge in [-0.2, -0.15) is 0 Å². The van der Waals surface area contributed by atoms with E-state index in [2.05, 4.69) is 18.5 Å². The second-order valence-electron chi connectivity index (χ2n) is 7.22. The van der Waals surface area contributed by atoms with Gasteiger partial charge < -0.3 is 19.5 Å². The number of amides is 1. The van der Waals surface area contributed by atoms with Crippen molar-refractivity contribution in [3.63, 3.8) is 0 Å². The highest BCUT2D eigenvalue weighted by Crippen LogP contribution is 2.49. The number of cyclic esters (lactones) is 1. The summed E-state index contributed by atoms with van der Waals surface area (Å²) in [6, 6.07) is 0. The van der Waals surface area contributed by atoms with Crippen molar-refractivity contribution in [2.75, 3.05) is 6.54 Å². The molecule has 0 radical (unpaired) electrons. The summed E-state index contributed by atoms with van der Waals surface area (Å²) < 4.78 is 16.9. The van der Waals surface area contributed by atoms with Crippen LogP contribution in [0.5, 0.6) is 0 Å². The van der Waals surface area contributed by atoms with Crippen LogP contribution in [0.25, 0.3) is 0 Å². The minimum absolute atomic E-state index is 0.156. The Morgan fingerprint density at radius 1 is 1.32 bits per heavy atom. The van der Waals surface area contributed by atoms with Crippen LogP contribution in [0.1, 0.15) is 33.1 Å². The molecule has 136 valence electrons. The quantitative estimate of drug-likeness (QED) is 0.341. The highest BCUT2D eigenvalue weighted by molar-refractivity contribution is 5.91. The van der Waals surface area contributed by atoms with Gasteiger partial charge in [0.05, 0.1) is 5.60 Å². The van der Waals surface area contributed by atoms with Crippen molar-refractivity contribution < 1.29 is 23.8 Å². The van der Waals surface area contributed by atoms with Crippen molar-refractivity contribution in [2.24, 2.45) is 5.92 Å². The molecule has 0 bridgehead atoms. The molecule has 3 aliphatic heterocycles. The Balaban J connectivity index is 1.85. The number of rotatable bonds is 1. The summed E-state index contributed by atoms with van der Waals surface area (Å²) in [4.78, 5) is 24.0. The van der Waals surface area contributed by atoms with E-state index in [9.17, 15) is 9.59 Å². The zero-order chi connectivity index (χ0) is 18.2. The van der Waals surface area contributed by atoms with Crippen LogP contribution in [0.15, 0.2) is 36.5 Å². The number of epoxide rings is 1. The van der Waals surface area contributed by atoms with Crippen LogP contribution in [0.2, 0.25) is 0 Å². The summed E-state index contributed by atoms with van der Waals surface area (Å²) in [6.07, 6.45) is 4.38. The summed E-state index contributed by atoms with van der Waals surface area (Å²) in [5.74, 6) is -0.658. The van der Waals surface area contributed by atoms with Gasteiger partial charge in [-0.05, 0) is 38.7 Å². The van der Waals surface area contributed by atoms with Crippen molar-refractivity contribution in [3.05, 3.63) is 36.5 Å². The van der Waals surface area contributed by atoms with Gasteiger partial charge in [0.2, 0.25) is 0 Å². The maximum absolute atomic E-state index is 12.1. The van der Waals surface area contributed by atoms with Crippen molar-refractivity contribution in [3.8, 4) is 0 Å². The first-order valence-corrected chi connectivity index (χ1v) is 8.64. The summed E-state index contributed by atoms with van der Waals surface area (Å²) >= 11 is 0. The molecule has 3 aliphatic rings. The summed E-state index contributed by atoms with van der Waals surface area (Å²) in [7, 11) is 0. The first-order chi connectivity index (χ1) is 11.8. The van der Waals surface area contributed by atoms with Crippen LogP contribution in [0.4, 0.5) is 4.79 Å². The monoisotopic (exact) mass is 347 g/mol. The molecule has 1 amide bonds. The first kappa shape index (κ1) is 17.7. The molecule has 0 aromatic carbocycles. The molecule has 0 unspecified atom stereocenters. The molecule has 0 aromatic heterocycles. The molecule has 2 fully saturated rings. The minimum Gasteiger partial charge on any atom is -0.455 e. The van der Waals surface area contributed by atoms with Crippen molar-refractivity contribution in [1.82, 2.24) is 5.32 Å². The number of carbonyl (C=O) groups excluding carboxylic acids is 2. The van der Waals surface area contributed by atoms with Crippen LogP contribution < -0.4 is 5.32 Å². The predicted molar refractivity (Wildman–Crippen MR) is 91.9 cm³/mol. The number of allylic oxidation sites excluding steroid dienone is 1. The fraction of sp³-hybridized carbons (Fsp3) is 0.579. The third-order valence-electron chi connectivity index (χ3n) is 5.19. The SMILES string of the molecule is C=C(C)[C@@H]1C[C@H]2C(=C)C(=O)O[C@@H]2[C@H]2O[C@]2(C)CC/C=C\CNC(=O)O1. The molecule has 6 nitrogen and oxygen atoms in total. The maximum Gasteiger partial charge on any atom is 0.407 e. The highest BCUT2D eigenvalue weighted by Gasteiger charge is 2.61. The standard InChI is InChI=1S/C19H25NO5/c1-11(2)14-10-13-12(3)17(21)24-15(13)16-19(4,25-16)8-6-5-7-9-20-18(22)23-14/h5,7,13-16H,1,3,6,8-10H2,2,4H3,(H,20,22)/b7-5-/t13-,14-,15-,16+,19+/m0/s1. The Bertz CT molecular complexity index is 640. The molecule has 0 aromatic rings. The number of alkyl carbamates (subject to hydrolysis) is 1. The summed E-state index contributed by atoms with van der Waals surface area (Å²) in [5.41, 5.74) is 0.818. The molecule has 2 saturated heterocycles. The number of carbonyl (C=O) groups is 2. The molecule has 25 heavy (non-hydrogen) atoms. The van der Waals surface area contributed by atoms with Gasteiger partial charge >= 0.3 is 12.1 Å². The van der Waals surface area contributed by atoms with Gasteiger partial charge in [-0.25, -0.2) is 9.59 Å². The highest BCUT2D eigenvalue weighted by atomic mass is 16.6. The lowest BCUT2D eigenvalue weighted by atomic mass is 9.84. The Morgan fingerprint density at radius 2 is 2.08 bits per heavy atom. The van der Waals surface area contributed by atoms with Crippen LogP contribution in [0.3, 0.4) is 0 Å². The predicted octanol–water partition coefficient (Wildman–Crippen LogP) is 2.65. The van der Waals surface area contributed by atoms with E-state index in [-0.39, 0.29) is 17.6 Å². The smallest absolute Gasteiger partial charge is 0.407 e. The molecule has 0 saturated carbocycles. The second kappa shape index (κ2) is 6.67. The van der Waals surface area contributed by atoms with Crippen LogP contribution >= 0.6 is 0 Å². The Morgan fingerprint density at radius 3 is 2.80 bits per heavy atom. The van der Waals surface area contributed by atoms with Crippen LogP contribution in [-0.4, -0.2) is 42.5 Å². The number of hydrogen-bond donors (Lipinski definition) is 1. The fourth-order valence-corrected chi connectivity index (χ4v) is 3.52. The van der Waals surface area contributed by atoms with Gasteiger partial charge in [0.1, 0.15) is 18.3 Å². The zero-order valence-electron chi connectivity index (χ0n) is 14.7. The molecule has 1 N–H and O–H groups in total. The molecule has 3 heterocycles.